The van der Waals surface area contributed by atoms with Crippen LogP contribution < -0.4 is 5.32 Å². The van der Waals surface area contributed by atoms with Crippen LogP contribution in [0, 0.1) is 11.3 Å². The number of fused-ring (bicyclic) bond motifs is 2. The van der Waals surface area contributed by atoms with Gasteiger partial charge in [-0.2, -0.15) is 5.26 Å². The lowest BCUT2D eigenvalue weighted by atomic mass is 10.1. The molecule has 0 atom stereocenters. The third kappa shape index (κ3) is 3.97. The lowest BCUT2D eigenvalue weighted by molar-refractivity contribution is -0.136. The molecule has 0 saturated heterocycles. The van der Waals surface area contributed by atoms with E-state index in [1.165, 1.54) is 11.1 Å². The Hall–Kier alpha value is -4.37. The number of nitrogens with zero attached hydrogens (tertiary/aromatic N) is 2. The molecule has 0 unspecified atom stereocenters. The fourth-order valence-corrected chi connectivity index (χ4v) is 4.59. The summed E-state index contributed by atoms with van der Waals surface area (Å²) in [4.78, 5) is 23.9. The minimum atomic E-state index is -0.939. The van der Waals surface area contributed by atoms with E-state index in [1.807, 2.05) is 41.1 Å². The Bertz CT molecular complexity index is 1420. The number of amides is 1. The molecular formula is C27H21N3O3. The normalized spacial score (nSPS) is 12.9. The molecule has 1 aliphatic carbocycles. The number of rotatable bonds is 5. The molecule has 0 fully saturated rings. The average Bonchev–Trinajstić information content (AvgIpc) is 3.41. The van der Waals surface area contributed by atoms with E-state index < -0.39 is 5.97 Å². The highest BCUT2D eigenvalue weighted by atomic mass is 16.4. The van der Waals surface area contributed by atoms with Gasteiger partial charge in [0.05, 0.1) is 23.2 Å². The van der Waals surface area contributed by atoms with E-state index in [0.29, 0.717) is 22.4 Å². The molecule has 33 heavy (non-hydrogen) atoms. The molecular weight excluding hydrogens is 414 g/mol. The zero-order valence-electron chi connectivity index (χ0n) is 17.8. The number of carbonyl (C=O) groups is 2. The molecule has 0 radical (unpaired) electrons. The van der Waals surface area contributed by atoms with Crippen LogP contribution in [0.2, 0.25) is 0 Å². The molecule has 5 rings (SSSR count). The van der Waals surface area contributed by atoms with Crippen molar-refractivity contribution in [2.24, 2.45) is 0 Å². The molecule has 3 aromatic carbocycles. The summed E-state index contributed by atoms with van der Waals surface area (Å²) in [6.07, 6.45) is 3.41. The van der Waals surface area contributed by atoms with Gasteiger partial charge in [0, 0.05) is 23.2 Å². The van der Waals surface area contributed by atoms with Crippen molar-refractivity contribution < 1.29 is 14.7 Å². The molecule has 1 heterocycles. The molecule has 1 aromatic heterocycles. The second-order valence-corrected chi connectivity index (χ2v) is 8.34. The maximum Gasteiger partial charge on any atom is 0.307 e. The number of benzene rings is 3. The number of hydrogen-bond donors (Lipinski definition) is 2. The van der Waals surface area contributed by atoms with Crippen LogP contribution in [0.5, 0.6) is 0 Å². The minimum Gasteiger partial charge on any atom is -0.481 e. The van der Waals surface area contributed by atoms with E-state index in [9.17, 15) is 14.9 Å². The SMILES string of the molecule is N#Cc1cc(CC(=O)O)ccc1-n1ccc2cc(C(=O)NC3Cc4ccccc4C3)ccc21. The van der Waals surface area contributed by atoms with Crippen molar-refractivity contribution in [1.82, 2.24) is 9.88 Å². The Morgan fingerprint density at radius 3 is 2.48 bits per heavy atom. The van der Waals surface area contributed by atoms with Gasteiger partial charge in [-0.05, 0) is 65.9 Å². The van der Waals surface area contributed by atoms with E-state index in [4.69, 9.17) is 5.11 Å². The number of nitrogens with one attached hydrogen (secondary N) is 1. The van der Waals surface area contributed by atoms with Gasteiger partial charge in [0.1, 0.15) is 6.07 Å². The van der Waals surface area contributed by atoms with Gasteiger partial charge in [-0.15, -0.1) is 0 Å². The number of nitriles is 1. The van der Waals surface area contributed by atoms with Crippen molar-refractivity contribution in [2.45, 2.75) is 25.3 Å². The van der Waals surface area contributed by atoms with Crippen LogP contribution in [0.15, 0.2) is 72.9 Å². The number of carbonyl (C=O) groups excluding carboxylic acids is 1. The first-order valence-electron chi connectivity index (χ1n) is 10.8. The molecule has 4 aromatic rings. The van der Waals surface area contributed by atoms with E-state index in [-0.39, 0.29) is 18.4 Å². The Morgan fingerprint density at radius 1 is 1.03 bits per heavy atom. The average molecular weight is 435 g/mol. The van der Waals surface area contributed by atoms with Gasteiger partial charge < -0.3 is 15.0 Å². The first-order chi connectivity index (χ1) is 16.0. The Labute approximate surface area is 190 Å². The predicted octanol–water partition coefficient (Wildman–Crippen LogP) is 4.03. The van der Waals surface area contributed by atoms with Crippen molar-refractivity contribution in [3.63, 3.8) is 0 Å². The number of hydrogen-bond acceptors (Lipinski definition) is 3. The number of carboxylic acid groups (broad SMARTS) is 1. The van der Waals surface area contributed by atoms with Crippen molar-refractivity contribution in [1.29, 1.82) is 5.26 Å². The summed E-state index contributed by atoms with van der Waals surface area (Å²) in [5, 5.41) is 22.6. The van der Waals surface area contributed by atoms with Crippen LogP contribution in [-0.4, -0.2) is 27.6 Å². The van der Waals surface area contributed by atoms with Crippen molar-refractivity contribution in [2.75, 3.05) is 0 Å². The lowest BCUT2D eigenvalue weighted by Crippen LogP contribution is -2.35. The highest BCUT2D eigenvalue weighted by Crippen LogP contribution is 2.26. The van der Waals surface area contributed by atoms with Crippen molar-refractivity contribution >= 4 is 22.8 Å². The van der Waals surface area contributed by atoms with Crippen LogP contribution in [0.3, 0.4) is 0 Å². The van der Waals surface area contributed by atoms with Gasteiger partial charge in [0.2, 0.25) is 0 Å². The van der Waals surface area contributed by atoms with E-state index >= 15 is 0 Å². The van der Waals surface area contributed by atoms with Crippen LogP contribution in [-0.2, 0) is 24.1 Å². The number of aromatic nitrogens is 1. The molecule has 2 N–H and O–H groups in total. The first kappa shape index (κ1) is 20.5. The van der Waals surface area contributed by atoms with Crippen LogP contribution in [0.25, 0.3) is 16.6 Å². The van der Waals surface area contributed by atoms with E-state index in [2.05, 4.69) is 23.5 Å². The second-order valence-electron chi connectivity index (χ2n) is 8.34. The lowest BCUT2D eigenvalue weighted by Gasteiger charge is -2.13. The van der Waals surface area contributed by atoms with Gasteiger partial charge in [0.15, 0.2) is 0 Å². The summed E-state index contributed by atoms with van der Waals surface area (Å²) in [6.45, 7) is 0. The monoisotopic (exact) mass is 435 g/mol. The fourth-order valence-electron chi connectivity index (χ4n) is 4.59. The zero-order chi connectivity index (χ0) is 22.9. The molecule has 6 nitrogen and oxygen atoms in total. The summed E-state index contributed by atoms with van der Waals surface area (Å²) >= 11 is 0. The third-order valence-corrected chi connectivity index (χ3v) is 6.13. The zero-order valence-corrected chi connectivity index (χ0v) is 17.8. The topological polar surface area (TPSA) is 95.1 Å². The highest BCUT2D eigenvalue weighted by molar-refractivity contribution is 5.98. The summed E-state index contributed by atoms with van der Waals surface area (Å²) < 4.78 is 1.88. The summed E-state index contributed by atoms with van der Waals surface area (Å²) in [6, 6.07) is 23.0. The molecule has 0 saturated carbocycles. The number of carboxylic acids is 1. The third-order valence-electron chi connectivity index (χ3n) is 6.13. The van der Waals surface area contributed by atoms with Gasteiger partial charge in [0.25, 0.3) is 5.91 Å². The van der Waals surface area contributed by atoms with Gasteiger partial charge >= 0.3 is 5.97 Å². The summed E-state index contributed by atoms with van der Waals surface area (Å²) in [7, 11) is 0. The fraction of sp³-hybridized carbons (Fsp3) is 0.148. The molecule has 162 valence electrons. The highest BCUT2D eigenvalue weighted by Gasteiger charge is 2.23. The summed E-state index contributed by atoms with van der Waals surface area (Å²) in [5.41, 5.74) is 5.68. The van der Waals surface area contributed by atoms with E-state index in [1.54, 1.807) is 24.3 Å². The van der Waals surface area contributed by atoms with E-state index in [0.717, 1.165) is 23.7 Å². The maximum atomic E-state index is 12.9. The van der Waals surface area contributed by atoms with Crippen LogP contribution >= 0.6 is 0 Å². The molecule has 6 heteroatoms. The van der Waals surface area contributed by atoms with Crippen molar-refractivity contribution in [3.8, 4) is 11.8 Å². The quantitative estimate of drug-likeness (QED) is 0.495. The number of aliphatic carboxylic acids is 1. The Morgan fingerprint density at radius 2 is 1.79 bits per heavy atom. The minimum absolute atomic E-state index is 0.0951. The second kappa shape index (κ2) is 8.29. The molecule has 0 aliphatic heterocycles. The molecule has 1 aliphatic rings. The molecule has 0 spiro atoms. The first-order valence-corrected chi connectivity index (χ1v) is 10.8. The smallest absolute Gasteiger partial charge is 0.307 e. The maximum absolute atomic E-state index is 12.9. The molecule has 0 bridgehead atoms. The largest absolute Gasteiger partial charge is 0.481 e. The van der Waals surface area contributed by atoms with Gasteiger partial charge in [-0.3, -0.25) is 9.59 Å². The van der Waals surface area contributed by atoms with Crippen LogP contribution in [0.1, 0.15) is 32.6 Å². The predicted molar refractivity (Wildman–Crippen MR) is 124 cm³/mol. The summed E-state index contributed by atoms with van der Waals surface area (Å²) in [5.74, 6) is -1.04. The molecule has 1 amide bonds. The van der Waals surface area contributed by atoms with Gasteiger partial charge in [-0.1, -0.05) is 30.3 Å². The Kier molecular flexibility index (Phi) is 5.15. The van der Waals surface area contributed by atoms with Crippen molar-refractivity contribution in [3.05, 3.63) is 101 Å². The standard InChI is InChI=1S/C27H21N3O3/c28-16-22-11-17(12-26(31)32)5-7-25(22)30-10-9-20-13-21(6-8-24(20)30)27(33)29-23-14-18-3-1-2-4-19(18)15-23/h1-11,13,23H,12,14-15H2,(H,29,33)(H,31,32). The van der Waals surface area contributed by atoms with Crippen LogP contribution in [0.4, 0.5) is 0 Å². The Balaban J connectivity index is 1.39. The van der Waals surface area contributed by atoms with Gasteiger partial charge in [-0.25, -0.2) is 0 Å².